The van der Waals surface area contributed by atoms with Gasteiger partial charge in [0.05, 0.1) is 13.2 Å². The van der Waals surface area contributed by atoms with Gasteiger partial charge < -0.3 is 18.8 Å². The number of morpholine rings is 1. The molecule has 1 amide bonds. The van der Waals surface area contributed by atoms with Crippen molar-refractivity contribution >= 4 is 22.8 Å². The Morgan fingerprint density at radius 2 is 1.66 bits per heavy atom. The van der Waals surface area contributed by atoms with Gasteiger partial charge in [0.15, 0.2) is 0 Å². The normalized spacial score (nSPS) is 15.1. The Hall–Kier alpha value is -3.45. The van der Waals surface area contributed by atoms with Crippen LogP contribution in [0.1, 0.15) is 22.0 Å². The van der Waals surface area contributed by atoms with Crippen LogP contribution in [0.25, 0.3) is 11.0 Å². The van der Waals surface area contributed by atoms with Gasteiger partial charge in [-0.1, -0.05) is 48.5 Å². The number of esters is 1. The molecule has 0 radical (unpaired) electrons. The summed E-state index contributed by atoms with van der Waals surface area (Å²) < 4.78 is 16.0. The summed E-state index contributed by atoms with van der Waals surface area (Å²) in [7, 11) is 0. The van der Waals surface area contributed by atoms with Crippen molar-refractivity contribution in [1.82, 2.24) is 4.90 Å². The molecule has 1 aromatic heterocycles. The molecule has 0 saturated carbocycles. The fourth-order valence-corrected chi connectivity index (χ4v) is 3.21. The molecule has 2 heterocycles. The van der Waals surface area contributed by atoms with Gasteiger partial charge in [0, 0.05) is 24.0 Å². The van der Waals surface area contributed by atoms with Crippen molar-refractivity contribution in [2.45, 2.75) is 6.10 Å². The second kappa shape index (κ2) is 8.28. The molecule has 3 aromatic rings. The van der Waals surface area contributed by atoms with E-state index < -0.39 is 17.7 Å². The van der Waals surface area contributed by atoms with Gasteiger partial charge in [-0.05, 0) is 12.1 Å². The average molecular weight is 393 g/mol. The highest BCUT2D eigenvalue weighted by Crippen LogP contribution is 2.23. The SMILES string of the molecule is O=C(O[C@@H](C(=O)N1CCOCC1)c1ccccc1)c1cc2ccccc2oc1=O. The van der Waals surface area contributed by atoms with Crippen LogP contribution in [0.3, 0.4) is 0 Å². The van der Waals surface area contributed by atoms with Gasteiger partial charge in [-0.2, -0.15) is 0 Å². The van der Waals surface area contributed by atoms with E-state index in [1.165, 1.54) is 6.07 Å². The van der Waals surface area contributed by atoms with Crippen LogP contribution in [0.15, 0.2) is 69.9 Å². The predicted molar refractivity (Wildman–Crippen MR) is 104 cm³/mol. The fraction of sp³-hybridized carbons (Fsp3) is 0.227. The molecule has 7 heteroatoms. The standard InChI is InChI=1S/C22H19NO6/c24-20(23-10-12-27-13-11-23)19(15-6-2-1-3-7-15)29-22(26)17-14-16-8-4-5-9-18(16)28-21(17)25/h1-9,14,19H,10-13H2/t19-/m1/s1. The van der Waals surface area contributed by atoms with Crippen molar-refractivity contribution < 1.29 is 23.5 Å². The molecule has 2 aromatic carbocycles. The molecular formula is C22H19NO6. The summed E-state index contributed by atoms with van der Waals surface area (Å²) in [6.45, 7) is 1.68. The van der Waals surface area contributed by atoms with Crippen molar-refractivity contribution in [1.29, 1.82) is 0 Å². The number of para-hydroxylation sites is 1. The van der Waals surface area contributed by atoms with Crippen LogP contribution in [0.4, 0.5) is 0 Å². The van der Waals surface area contributed by atoms with E-state index in [1.54, 1.807) is 59.5 Å². The summed E-state index contributed by atoms with van der Waals surface area (Å²) in [6.07, 6.45) is -1.16. The molecule has 1 fully saturated rings. The molecule has 4 rings (SSSR count). The lowest BCUT2D eigenvalue weighted by atomic mass is 10.1. The third kappa shape index (κ3) is 4.05. The number of nitrogens with zero attached hydrogens (tertiary/aromatic N) is 1. The van der Waals surface area contributed by atoms with Gasteiger partial charge in [0.1, 0.15) is 11.1 Å². The van der Waals surface area contributed by atoms with Crippen LogP contribution >= 0.6 is 0 Å². The average Bonchev–Trinajstić information content (AvgIpc) is 2.77. The second-order valence-electron chi connectivity index (χ2n) is 6.62. The first-order chi connectivity index (χ1) is 14.1. The molecule has 1 aliphatic heterocycles. The Bertz CT molecular complexity index is 1090. The third-order valence-corrected chi connectivity index (χ3v) is 4.74. The van der Waals surface area contributed by atoms with E-state index in [0.29, 0.717) is 42.8 Å². The van der Waals surface area contributed by atoms with E-state index in [-0.39, 0.29) is 11.5 Å². The Morgan fingerprint density at radius 1 is 0.966 bits per heavy atom. The van der Waals surface area contributed by atoms with E-state index in [0.717, 1.165) is 0 Å². The summed E-state index contributed by atoms with van der Waals surface area (Å²) in [4.78, 5) is 39.7. The van der Waals surface area contributed by atoms with Gasteiger partial charge in [-0.15, -0.1) is 0 Å². The van der Waals surface area contributed by atoms with E-state index in [1.807, 2.05) is 0 Å². The van der Waals surface area contributed by atoms with Gasteiger partial charge in [-0.3, -0.25) is 4.79 Å². The molecule has 0 N–H and O–H groups in total. The highest BCUT2D eigenvalue weighted by Gasteiger charge is 2.31. The summed E-state index contributed by atoms with van der Waals surface area (Å²) >= 11 is 0. The Morgan fingerprint density at radius 3 is 2.41 bits per heavy atom. The van der Waals surface area contributed by atoms with Crippen LogP contribution in [0, 0.1) is 0 Å². The molecule has 1 atom stereocenters. The molecule has 7 nitrogen and oxygen atoms in total. The lowest BCUT2D eigenvalue weighted by Gasteiger charge is -2.30. The van der Waals surface area contributed by atoms with Crippen molar-refractivity contribution in [2.24, 2.45) is 0 Å². The number of ether oxygens (including phenoxy) is 2. The van der Waals surface area contributed by atoms with Crippen LogP contribution in [-0.2, 0) is 14.3 Å². The van der Waals surface area contributed by atoms with Crippen molar-refractivity contribution in [3.63, 3.8) is 0 Å². The number of rotatable bonds is 4. The molecule has 1 saturated heterocycles. The van der Waals surface area contributed by atoms with E-state index in [2.05, 4.69) is 0 Å². The largest absolute Gasteiger partial charge is 0.443 e. The minimum absolute atomic E-state index is 0.251. The topological polar surface area (TPSA) is 86.1 Å². The van der Waals surface area contributed by atoms with E-state index in [9.17, 15) is 14.4 Å². The fourth-order valence-electron chi connectivity index (χ4n) is 3.21. The van der Waals surface area contributed by atoms with Crippen molar-refractivity contribution in [3.05, 3.63) is 82.2 Å². The summed E-state index contributed by atoms with van der Waals surface area (Å²) in [5.74, 6) is -1.25. The zero-order valence-corrected chi connectivity index (χ0v) is 15.6. The van der Waals surface area contributed by atoms with Crippen LogP contribution in [0.2, 0.25) is 0 Å². The second-order valence-corrected chi connectivity index (χ2v) is 6.62. The minimum atomic E-state index is -1.16. The van der Waals surface area contributed by atoms with Gasteiger partial charge in [0.2, 0.25) is 6.10 Å². The number of carbonyl (C=O) groups excluding carboxylic acids is 2. The number of carbonyl (C=O) groups is 2. The highest BCUT2D eigenvalue weighted by atomic mass is 16.5. The summed E-state index contributed by atoms with van der Waals surface area (Å²) in [5.41, 5.74) is -0.153. The van der Waals surface area contributed by atoms with Crippen LogP contribution in [0.5, 0.6) is 0 Å². The third-order valence-electron chi connectivity index (χ3n) is 4.74. The number of amides is 1. The quantitative estimate of drug-likeness (QED) is 0.500. The number of fused-ring (bicyclic) bond motifs is 1. The molecular weight excluding hydrogens is 374 g/mol. The van der Waals surface area contributed by atoms with Crippen molar-refractivity contribution in [3.8, 4) is 0 Å². The number of hydrogen-bond donors (Lipinski definition) is 0. The van der Waals surface area contributed by atoms with Gasteiger partial charge >= 0.3 is 11.6 Å². The van der Waals surface area contributed by atoms with E-state index in [4.69, 9.17) is 13.9 Å². The van der Waals surface area contributed by atoms with Crippen LogP contribution in [-0.4, -0.2) is 43.1 Å². The maximum absolute atomic E-state index is 13.1. The van der Waals surface area contributed by atoms with Crippen LogP contribution < -0.4 is 5.63 Å². The summed E-state index contributed by atoms with van der Waals surface area (Å²) in [5, 5.41) is 0.592. The number of benzene rings is 2. The van der Waals surface area contributed by atoms with E-state index >= 15 is 0 Å². The molecule has 0 bridgehead atoms. The minimum Gasteiger partial charge on any atom is -0.443 e. The Kier molecular flexibility index (Phi) is 5.39. The lowest BCUT2D eigenvalue weighted by molar-refractivity contribution is -0.145. The molecule has 1 aliphatic rings. The zero-order valence-electron chi connectivity index (χ0n) is 15.6. The molecule has 0 unspecified atom stereocenters. The molecule has 0 aliphatic carbocycles. The first-order valence-electron chi connectivity index (χ1n) is 9.29. The Balaban J connectivity index is 1.65. The lowest BCUT2D eigenvalue weighted by Crippen LogP contribution is -2.44. The highest BCUT2D eigenvalue weighted by molar-refractivity contribution is 5.95. The zero-order chi connectivity index (χ0) is 20.2. The van der Waals surface area contributed by atoms with Gasteiger partial charge in [-0.25, -0.2) is 9.59 Å². The summed E-state index contributed by atoms with van der Waals surface area (Å²) in [6, 6.07) is 17.0. The van der Waals surface area contributed by atoms with Gasteiger partial charge in [0.25, 0.3) is 5.91 Å². The first kappa shape index (κ1) is 18.9. The monoisotopic (exact) mass is 393 g/mol. The first-order valence-corrected chi connectivity index (χ1v) is 9.29. The maximum atomic E-state index is 13.1. The van der Waals surface area contributed by atoms with Crippen molar-refractivity contribution in [2.75, 3.05) is 26.3 Å². The Labute approximate surface area is 166 Å². The molecule has 0 spiro atoms. The molecule has 29 heavy (non-hydrogen) atoms. The number of hydrogen-bond acceptors (Lipinski definition) is 6. The smallest absolute Gasteiger partial charge is 0.351 e. The molecule has 148 valence electrons. The maximum Gasteiger partial charge on any atom is 0.351 e. The predicted octanol–water partition coefficient (Wildman–Crippen LogP) is 2.55.